The fourth-order valence-electron chi connectivity index (χ4n) is 8.95. The average molecular weight is 862 g/mol. The van der Waals surface area contributed by atoms with E-state index in [1.807, 2.05) is 48.5 Å². The minimum Gasteiger partial charge on any atom is -0.491 e. The second-order valence-electron chi connectivity index (χ2n) is 16.5. The zero-order valence-corrected chi connectivity index (χ0v) is 34.9. The Morgan fingerprint density at radius 1 is 0.921 bits per heavy atom. The van der Waals surface area contributed by atoms with Crippen LogP contribution in [0.5, 0.6) is 5.75 Å². The molecule has 3 saturated heterocycles. The number of benzene rings is 4. The lowest BCUT2D eigenvalue weighted by Gasteiger charge is -2.36. The number of imidazole rings is 1. The highest BCUT2D eigenvalue weighted by Crippen LogP contribution is 2.31. The van der Waals surface area contributed by atoms with Crippen LogP contribution in [0.25, 0.3) is 21.9 Å². The van der Waals surface area contributed by atoms with Crippen molar-refractivity contribution in [3.05, 3.63) is 112 Å². The number of H-pyrrole nitrogens is 1. The molecule has 4 N–H and O–H groups in total. The maximum absolute atomic E-state index is 14.0. The molecular formula is C46H49F2N9O6. The van der Waals surface area contributed by atoms with Gasteiger partial charge in [0.25, 0.3) is 5.91 Å². The van der Waals surface area contributed by atoms with Gasteiger partial charge in [-0.25, -0.2) is 13.6 Å². The van der Waals surface area contributed by atoms with Crippen LogP contribution >= 0.6 is 0 Å². The van der Waals surface area contributed by atoms with Crippen LogP contribution in [-0.2, 0) is 27.8 Å². The van der Waals surface area contributed by atoms with Crippen molar-refractivity contribution < 1.29 is 32.6 Å². The Kier molecular flexibility index (Phi) is 11.9. The number of aromatic amines is 1. The second kappa shape index (κ2) is 18.0. The first-order chi connectivity index (χ1) is 30.6. The van der Waals surface area contributed by atoms with E-state index >= 15 is 0 Å². The van der Waals surface area contributed by atoms with Crippen molar-refractivity contribution in [2.75, 3.05) is 68.1 Å². The monoisotopic (exact) mass is 861 g/mol. The maximum Gasteiger partial charge on any atom is 0.329 e. The molecule has 3 aliphatic rings. The van der Waals surface area contributed by atoms with Gasteiger partial charge in [0, 0.05) is 88.3 Å². The van der Waals surface area contributed by atoms with E-state index in [0.29, 0.717) is 70.9 Å². The number of piperazine rings is 1. The molecule has 63 heavy (non-hydrogen) atoms. The van der Waals surface area contributed by atoms with Crippen molar-refractivity contribution in [2.24, 2.45) is 7.05 Å². The van der Waals surface area contributed by atoms with Gasteiger partial charge in [-0.2, -0.15) is 5.10 Å². The molecule has 15 nitrogen and oxygen atoms in total. The molecular weight excluding hydrogens is 813 g/mol. The molecule has 0 aliphatic carbocycles. The van der Waals surface area contributed by atoms with E-state index in [4.69, 9.17) is 9.47 Å². The first-order valence-corrected chi connectivity index (χ1v) is 21.4. The van der Waals surface area contributed by atoms with Gasteiger partial charge >= 0.3 is 5.69 Å². The smallest absolute Gasteiger partial charge is 0.329 e. The Labute approximate surface area is 361 Å². The molecule has 5 heterocycles. The normalized spacial score (nSPS) is 17.6. The molecule has 0 radical (unpaired) electrons. The topological polar surface area (TPSA) is 168 Å². The third-order valence-electron chi connectivity index (χ3n) is 12.2. The molecule has 3 aliphatic heterocycles. The lowest BCUT2D eigenvalue weighted by Crippen LogP contribution is -2.46. The molecule has 1 atom stereocenters. The molecule has 3 fully saturated rings. The molecule has 328 valence electrons. The molecule has 4 aromatic carbocycles. The number of carbonyl (C=O) groups excluding carboxylic acids is 3. The van der Waals surface area contributed by atoms with Crippen LogP contribution < -0.4 is 31.3 Å². The standard InChI is InChI=1S/C46H49F2N9O6/c1-54-42-38(57(46(54)61)39-10-11-41(58)50-45(39)60)4-2-5-40(42)63-19-3-14-55-15-17-56(18-16-55)33-7-8-34(37(27-33)49-32-12-20-62-21-13-32)44(59)51-43-35-25-28(6-9-36(35)52-53-43)22-29-23-30(47)26-31(48)24-29/h2,4-9,23-27,32,39,49H,3,10-22H2,1H3,(H,50,58,60)(H2,51,52,53,59). The van der Waals surface area contributed by atoms with Crippen LogP contribution in [0.2, 0.25) is 0 Å². The molecule has 6 aromatic rings. The summed E-state index contributed by atoms with van der Waals surface area (Å²) in [6, 6.07) is 19.7. The van der Waals surface area contributed by atoms with E-state index in [9.17, 15) is 28.0 Å². The van der Waals surface area contributed by atoms with Crippen LogP contribution in [0, 0.1) is 11.6 Å². The third kappa shape index (κ3) is 9.02. The molecule has 3 amide bonds. The number of amides is 3. The van der Waals surface area contributed by atoms with Gasteiger partial charge in [0.05, 0.1) is 23.2 Å². The number of hydrogen-bond donors (Lipinski definition) is 4. The summed E-state index contributed by atoms with van der Waals surface area (Å²) in [6.45, 7) is 5.81. The number of hydrogen-bond acceptors (Lipinski definition) is 10. The molecule has 1 unspecified atom stereocenters. The van der Waals surface area contributed by atoms with Crippen molar-refractivity contribution in [3.8, 4) is 5.75 Å². The SMILES string of the molecule is Cn1c(=O)n(C2CCC(=O)NC2=O)c2cccc(OCCCN3CCN(c4ccc(C(=O)Nc5n[nH]c6ccc(Cc7cc(F)cc(F)c7)cc56)c(NC5CCOCC5)c4)CC3)c21. The number of halogens is 2. The van der Waals surface area contributed by atoms with Gasteiger partial charge in [0.15, 0.2) is 5.82 Å². The number of ether oxygens (including phenoxy) is 2. The van der Waals surface area contributed by atoms with Gasteiger partial charge in [-0.1, -0.05) is 12.1 Å². The van der Waals surface area contributed by atoms with Crippen LogP contribution in [0.15, 0.2) is 77.6 Å². The van der Waals surface area contributed by atoms with Gasteiger partial charge in [-0.15, -0.1) is 0 Å². The van der Waals surface area contributed by atoms with Gasteiger partial charge < -0.3 is 25.0 Å². The predicted octanol–water partition coefficient (Wildman–Crippen LogP) is 5.50. The largest absolute Gasteiger partial charge is 0.491 e. The minimum atomic E-state index is -0.763. The van der Waals surface area contributed by atoms with Crippen LogP contribution in [0.3, 0.4) is 0 Å². The zero-order valence-electron chi connectivity index (χ0n) is 34.9. The number of para-hydroxylation sites is 1. The van der Waals surface area contributed by atoms with E-state index in [1.54, 1.807) is 13.1 Å². The number of rotatable bonds is 13. The fourth-order valence-corrected chi connectivity index (χ4v) is 8.95. The molecule has 0 saturated carbocycles. The highest BCUT2D eigenvalue weighted by atomic mass is 19.1. The first-order valence-electron chi connectivity index (χ1n) is 21.4. The predicted molar refractivity (Wildman–Crippen MR) is 234 cm³/mol. The summed E-state index contributed by atoms with van der Waals surface area (Å²) in [6.07, 6.45) is 3.14. The highest BCUT2D eigenvalue weighted by Gasteiger charge is 2.32. The third-order valence-corrected chi connectivity index (χ3v) is 12.2. The summed E-state index contributed by atoms with van der Waals surface area (Å²) in [5, 5.41) is 17.0. The maximum atomic E-state index is 14.0. The minimum absolute atomic E-state index is 0.142. The molecule has 2 aromatic heterocycles. The summed E-state index contributed by atoms with van der Waals surface area (Å²) in [5.41, 5.74) is 5.11. The van der Waals surface area contributed by atoms with E-state index in [1.165, 1.54) is 21.3 Å². The average Bonchev–Trinajstić information content (AvgIpc) is 3.78. The van der Waals surface area contributed by atoms with Gasteiger partial charge in [0.1, 0.15) is 28.9 Å². The molecule has 9 rings (SSSR count). The van der Waals surface area contributed by atoms with Crippen molar-refractivity contribution >= 4 is 56.9 Å². The van der Waals surface area contributed by atoms with Crippen molar-refractivity contribution in [1.82, 2.24) is 29.5 Å². The molecule has 0 bridgehead atoms. The highest BCUT2D eigenvalue weighted by molar-refractivity contribution is 6.11. The Morgan fingerprint density at radius 2 is 1.71 bits per heavy atom. The van der Waals surface area contributed by atoms with Crippen molar-refractivity contribution in [2.45, 2.75) is 50.6 Å². The second-order valence-corrected chi connectivity index (χ2v) is 16.5. The van der Waals surface area contributed by atoms with E-state index in [2.05, 4.69) is 35.9 Å². The number of nitrogens with zero attached hydrogens (tertiary/aromatic N) is 5. The van der Waals surface area contributed by atoms with Gasteiger partial charge in [-0.05, 0) is 97.8 Å². The summed E-state index contributed by atoms with van der Waals surface area (Å²) in [4.78, 5) is 56.4. The fraction of sp³-hybridized carbons (Fsp3) is 0.370. The van der Waals surface area contributed by atoms with Crippen LogP contribution in [0.1, 0.15) is 59.6 Å². The Hall–Kier alpha value is -6.59. The first kappa shape index (κ1) is 41.7. The molecule has 0 spiro atoms. The van der Waals surface area contributed by atoms with Gasteiger partial charge in [-0.3, -0.25) is 38.8 Å². The van der Waals surface area contributed by atoms with E-state index < -0.39 is 23.6 Å². The summed E-state index contributed by atoms with van der Waals surface area (Å²) < 4.78 is 42.6. The number of anilines is 3. The number of nitrogens with one attached hydrogen (secondary N) is 4. The number of piperidine rings is 1. The quantitative estimate of drug-likeness (QED) is 0.0861. The summed E-state index contributed by atoms with van der Waals surface area (Å²) in [7, 11) is 1.66. The summed E-state index contributed by atoms with van der Waals surface area (Å²) in [5.74, 6) is -1.48. The lowest BCUT2D eigenvalue weighted by molar-refractivity contribution is -0.135. The molecule has 17 heteroatoms. The number of aryl methyl sites for hydroxylation is 1. The zero-order chi connectivity index (χ0) is 43.6. The Balaban J connectivity index is 0.832. The number of fused-ring (bicyclic) bond motifs is 2. The number of carbonyl (C=O) groups is 3. The number of aromatic nitrogens is 4. The van der Waals surface area contributed by atoms with Crippen molar-refractivity contribution in [1.29, 1.82) is 0 Å². The Bertz CT molecular complexity index is 2730. The van der Waals surface area contributed by atoms with E-state index in [-0.39, 0.29) is 36.4 Å². The van der Waals surface area contributed by atoms with Crippen molar-refractivity contribution in [3.63, 3.8) is 0 Å². The summed E-state index contributed by atoms with van der Waals surface area (Å²) >= 11 is 0. The number of imide groups is 1. The Morgan fingerprint density at radius 3 is 2.49 bits per heavy atom. The van der Waals surface area contributed by atoms with Crippen LogP contribution in [0.4, 0.5) is 26.0 Å². The van der Waals surface area contributed by atoms with E-state index in [0.717, 1.165) is 75.0 Å². The van der Waals surface area contributed by atoms with Gasteiger partial charge in [0.2, 0.25) is 11.8 Å². The lowest BCUT2D eigenvalue weighted by atomic mass is 10.0. The van der Waals surface area contributed by atoms with Crippen LogP contribution in [-0.4, -0.2) is 101 Å².